The minimum atomic E-state index is -1.20. The first-order valence-electron chi connectivity index (χ1n) is 6.18. The van der Waals surface area contributed by atoms with Gasteiger partial charge in [-0.3, -0.25) is 9.59 Å². The van der Waals surface area contributed by atoms with Crippen LogP contribution in [0.25, 0.3) is 0 Å². The second-order valence-electron chi connectivity index (χ2n) is 4.46. The number of hydrogen-bond donors (Lipinski definition) is 2. The van der Waals surface area contributed by atoms with E-state index >= 15 is 0 Å². The van der Waals surface area contributed by atoms with Crippen LogP contribution in [0.1, 0.15) is 15.9 Å². The molecule has 20 heavy (non-hydrogen) atoms. The van der Waals surface area contributed by atoms with Crippen LogP contribution in [-0.2, 0) is 11.2 Å². The lowest BCUT2D eigenvalue weighted by Crippen LogP contribution is -2.26. The van der Waals surface area contributed by atoms with E-state index in [4.69, 9.17) is 0 Å². The van der Waals surface area contributed by atoms with Crippen molar-refractivity contribution in [2.45, 2.75) is 6.42 Å². The Morgan fingerprint density at radius 1 is 0.950 bits per heavy atom. The molecule has 0 fully saturated rings. The first-order valence-corrected chi connectivity index (χ1v) is 6.18. The molecule has 0 saturated heterocycles. The summed E-state index contributed by atoms with van der Waals surface area (Å²) in [6.07, 6.45) is 0.101. The van der Waals surface area contributed by atoms with Gasteiger partial charge in [-0.2, -0.15) is 0 Å². The minimum absolute atomic E-state index is 0.0378. The van der Waals surface area contributed by atoms with Crippen molar-refractivity contribution in [2.24, 2.45) is 5.92 Å². The number of ketones is 1. The third-order valence-corrected chi connectivity index (χ3v) is 3.07. The molecular formula is C16H14O4. The molecule has 4 nitrogen and oxygen atoms in total. The number of Topliss-reactive ketones (excluding diaryl/α,β-unsaturated/α-hetero) is 1. The molecule has 0 amide bonds. The molecule has 0 radical (unpaired) electrons. The highest BCUT2D eigenvalue weighted by molar-refractivity contribution is 6.09. The van der Waals surface area contributed by atoms with E-state index in [1.54, 1.807) is 36.4 Å². The Morgan fingerprint density at radius 2 is 1.55 bits per heavy atom. The molecule has 0 saturated carbocycles. The van der Waals surface area contributed by atoms with Crippen LogP contribution in [0.15, 0.2) is 54.6 Å². The van der Waals surface area contributed by atoms with Crippen molar-refractivity contribution in [1.82, 2.24) is 0 Å². The Labute approximate surface area is 116 Å². The predicted octanol–water partition coefficient (Wildman–Crippen LogP) is 2.52. The summed E-state index contributed by atoms with van der Waals surface area (Å²) in [5.74, 6) is -3.18. The summed E-state index contributed by atoms with van der Waals surface area (Å²) in [6.45, 7) is 0. The fraction of sp³-hybridized carbons (Fsp3) is 0.125. The number of carboxylic acids is 1. The molecule has 0 spiro atoms. The summed E-state index contributed by atoms with van der Waals surface area (Å²) in [6, 6.07) is 14.9. The highest BCUT2D eigenvalue weighted by atomic mass is 16.4. The van der Waals surface area contributed by atoms with Crippen LogP contribution in [0.3, 0.4) is 0 Å². The van der Waals surface area contributed by atoms with Crippen LogP contribution in [0, 0.1) is 5.92 Å². The van der Waals surface area contributed by atoms with E-state index in [-0.39, 0.29) is 17.7 Å². The quantitative estimate of drug-likeness (QED) is 0.646. The van der Waals surface area contributed by atoms with Gasteiger partial charge in [-0.1, -0.05) is 42.5 Å². The molecule has 1 atom stereocenters. The van der Waals surface area contributed by atoms with Gasteiger partial charge < -0.3 is 10.2 Å². The molecule has 0 aliphatic rings. The van der Waals surface area contributed by atoms with Gasteiger partial charge in [-0.25, -0.2) is 0 Å². The molecule has 2 N–H and O–H groups in total. The second-order valence-corrected chi connectivity index (χ2v) is 4.46. The number of aliphatic carboxylic acids is 1. The normalized spacial score (nSPS) is 11.8. The molecule has 2 aromatic rings. The molecular weight excluding hydrogens is 256 g/mol. The Bertz CT molecular complexity index is 619. The van der Waals surface area contributed by atoms with Crippen molar-refractivity contribution in [2.75, 3.05) is 0 Å². The first kappa shape index (κ1) is 13.8. The van der Waals surface area contributed by atoms with Crippen LogP contribution in [-0.4, -0.2) is 22.0 Å². The summed E-state index contributed by atoms with van der Waals surface area (Å²) in [5, 5.41) is 18.9. The Balaban J connectivity index is 2.28. The predicted molar refractivity (Wildman–Crippen MR) is 73.7 cm³/mol. The monoisotopic (exact) mass is 270 g/mol. The highest BCUT2D eigenvalue weighted by Crippen LogP contribution is 2.22. The highest BCUT2D eigenvalue weighted by Gasteiger charge is 2.28. The van der Waals surface area contributed by atoms with E-state index < -0.39 is 17.7 Å². The molecule has 2 rings (SSSR count). The number of carbonyl (C=O) groups is 2. The van der Waals surface area contributed by atoms with Gasteiger partial charge in [0, 0.05) is 0 Å². The zero-order chi connectivity index (χ0) is 14.5. The molecule has 0 unspecified atom stereocenters. The molecule has 102 valence electrons. The maximum atomic E-state index is 12.3. The second kappa shape index (κ2) is 6.02. The molecule has 0 heterocycles. The molecule has 0 aliphatic carbocycles. The van der Waals surface area contributed by atoms with E-state index in [0.717, 1.165) is 5.56 Å². The number of aromatic hydroxyl groups is 1. The Kier molecular flexibility index (Phi) is 4.15. The maximum absolute atomic E-state index is 12.3. The molecule has 0 bridgehead atoms. The molecule has 4 heteroatoms. The van der Waals surface area contributed by atoms with Gasteiger partial charge in [-0.05, 0) is 24.1 Å². The summed E-state index contributed by atoms with van der Waals surface area (Å²) in [5.41, 5.74) is 0.805. The molecule has 2 aromatic carbocycles. The third kappa shape index (κ3) is 3.03. The van der Waals surface area contributed by atoms with Crippen LogP contribution >= 0.6 is 0 Å². The average Bonchev–Trinajstić information content (AvgIpc) is 2.45. The van der Waals surface area contributed by atoms with Crippen LogP contribution in [0.2, 0.25) is 0 Å². The summed E-state index contributed by atoms with van der Waals surface area (Å²) < 4.78 is 0. The van der Waals surface area contributed by atoms with Crippen molar-refractivity contribution in [1.29, 1.82) is 0 Å². The molecule has 0 aliphatic heterocycles. The number of carbonyl (C=O) groups excluding carboxylic acids is 1. The van der Waals surface area contributed by atoms with Gasteiger partial charge in [0.05, 0.1) is 5.56 Å². The van der Waals surface area contributed by atoms with Crippen LogP contribution in [0.4, 0.5) is 0 Å². The van der Waals surface area contributed by atoms with E-state index in [9.17, 15) is 19.8 Å². The van der Waals surface area contributed by atoms with Crippen molar-refractivity contribution in [3.63, 3.8) is 0 Å². The van der Waals surface area contributed by atoms with Gasteiger partial charge in [-0.15, -0.1) is 0 Å². The first-order chi connectivity index (χ1) is 9.59. The number of hydrogen-bond acceptors (Lipinski definition) is 3. The van der Waals surface area contributed by atoms with Crippen molar-refractivity contribution >= 4 is 11.8 Å². The van der Waals surface area contributed by atoms with Crippen LogP contribution < -0.4 is 0 Å². The topological polar surface area (TPSA) is 74.6 Å². The number of phenolic OH excluding ortho intramolecular Hbond substituents is 1. The van der Waals surface area contributed by atoms with Crippen molar-refractivity contribution in [3.05, 3.63) is 65.7 Å². The molecule has 0 aromatic heterocycles. The van der Waals surface area contributed by atoms with Gasteiger partial charge >= 0.3 is 5.97 Å². The maximum Gasteiger partial charge on any atom is 0.314 e. The number of para-hydroxylation sites is 1. The van der Waals surface area contributed by atoms with Gasteiger partial charge in [0.2, 0.25) is 0 Å². The van der Waals surface area contributed by atoms with E-state index in [0.29, 0.717) is 0 Å². The smallest absolute Gasteiger partial charge is 0.314 e. The van der Waals surface area contributed by atoms with Gasteiger partial charge in [0.25, 0.3) is 0 Å². The number of rotatable bonds is 5. The fourth-order valence-electron chi connectivity index (χ4n) is 2.01. The standard InChI is InChI=1S/C16H14O4/c17-14-9-5-4-8-12(14)15(18)13(16(19)20)10-11-6-2-1-3-7-11/h1-9,13,17H,10H2,(H,19,20)/t13-/m1/s1. The van der Waals surface area contributed by atoms with E-state index in [1.807, 2.05) is 6.07 Å². The van der Waals surface area contributed by atoms with E-state index in [1.165, 1.54) is 12.1 Å². The van der Waals surface area contributed by atoms with E-state index in [2.05, 4.69) is 0 Å². The lowest BCUT2D eigenvalue weighted by Gasteiger charge is -2.12. The lowest BCUT2D eigenvalue weighted by atomic mass is 9.91. The van der Waals surface area contributed by atoms with Crippen molar-refractivity contribution in [3.8, 4) is 5.75 Å². The Morgan fingerprint density at radius 3 is 2.15 bits per heavy atom. The zero-order valence-electron chi connectivity index (χ0n) is 10.7. The lowest BCUT2D eigenvalue weighted by molar-refractivity contribution is -0.139. The zero-order valence-corrected chi connectivity index (χ0v) is 10.7. The number of benzene rings is 2. The number of carboxylic acid groups (broad SMARTS) is 1. The average molecular weight is 270 g/mol. The van der Waals surface area contributed by atoms with Gasteiger partial charge in [0.1, 0.15) is 11.7 Å². The van der Waals surface area contributed by atoms with Gasteiger partial charge in [0.15, 0.2) is 5.78 Å². The fourth-order valence-corrected chi connectivity index (χ4v) is 2.01. The summed E-state index contributed by atoms with van der Waals surface area (Å²) in [4.78, 5) is 23.6. The largest absolute Gasteiger partial charge is 0.507 e. The SMILES string of the molecule is O=C(O)[C@H](Cc1ccccc1)C(=O)c1ccccc1O. The number of phenols is 1. The summed E-state index contributed by atoms with van der Waals surface area (Å²) in [7, 11) is 0. The summed E-state index contributed by atoms with van der Waals surface area (Å²) >= 11 is 0. The van der Waals surface area contributed by atoms with Crippen LogP contribution in [0.5, 0.6) is 5.75 Å². The van der Waals surface area contributed by atoms with Crippen molar-refractivity contribution < 1.29 is 19.8 Å². The Hall–Kier alpha value is -2.62. The minimum Gasteiger partial charge on any atom is -0.507 e. The third-order valence-electron chi connectivity index (χ3n) is 3.07.